The molecule has 7 heteroatoms. The lowest BCUT2D eigenvalue weighted by atomic mass is 10.1. The highest BCUT2D eigenvalue weighted by atomic mass is 35.5. The number of aromatic nitrogens is 2. The highest BCUT2D eigenvalue weighted by Crippen LogP contribution is 2.30. The standard InChI is InChI=1S/C18H24N4O2.ClH/c19-13-4-3-9-21(11-13)17(23)12-7-8-16-15(10-12)20-18(24)22(16)14-5-1-2-6-14;/h7-8,10,13-14H,1-6,9,11,19H2,(H,20,24);1H. The molecule has 1 aliphatic heterocycles. The molecule has 1 saturated carbocycles. The van der Waals surface area contributed by atoms with Gasteiger partial charge in [-0.2, -0.15) is 0 Å². The molecular weight excluding hydrogens is 340 g/mol. The minimum atomic E-state index is -0.0681. The Balaban J connectivity index is 0.00000182. The molecule has 1 unspecified atom stereocenters. The van der Waals surface area contributed by atoms with Crippen LogP contribution in [-0.4, -0.2) is 39.5 Å². The molecule has 0 radical (unpaired) electrons. The van der Waals surface area contributed by atoms with Crippen LogP contribution >= 0.6 is 12.4 Å². The van der Waals surface area contributed by atoms with Crippen LogP contribution in [0.3, 0.4) is 0 Å². The molecule has 1 saturated heterocycles. The molecule has 1 atom stereocenters. The van der Waals surface area contributed by atoms with Crippen LogP contribution < -0.4 is 11.4 Å². The Labute approximate surface area is 152 Å². The number of rotatable bonds is 2. The predicted molar refractivity (Wildman–Crippen MR) is 100 cm³/mol. The van der Waals surface area contributed by atoms with E-state index in [1.54, 1.807) is 0 Å². The van der Waals surface area contributed by atoms with Crippen molar-refractivity contribution >= 4 is 29.3 Å². The van der Waals surface area contributed by atoms with Crippen LogP contribution in [0.4, 0.5) is 0 Å². The summed E-state index contributed by atoms with van der Waals surface area (Å²) in [7, 11) is 0. The van der Waals surface area contributed by atoms with Crippen molar-refractivity contribution in [3.8, 4) is 0 Å². The van der Waals surface area contributed by atoms with E-state index in [4.69, 9.17) is 5.73 Å². The van der Waals surface area contributed by atoms with E-state index in [1.165, 1.54) is 12.8 Å². The lowest BCUT2D eigenvalue weighted by Gasteiger charge is -2.30. The summed E-state index contributed by atoms with van der Waals surface area (Å²) >= 11 is 0. The maximum absolute atomic E-state index is 12.7. The molecule has 0 spiro atoms. The van der Waals surface area contributed by atoms with Crippen molar-refractivity contribution in [3.05, 3.63) is 34.2 Å². The summed E-state index contributed by atoms with van der Waals surface area (Å²) in [5.74, 6) is 0.00140. The zero-order valence-corrected chi connectivity index (χ0v) is 15.1. The number of likely N-dealkylation sites (tertiary alicyclic amines) is 1. The highest BCUT2D eigenvalue weighted by molar-refractivity contribution is 5.97. The molecule has 2 fully saturated rings. The predicted octanol–water partition coefficient (Wildman–Crippen LogP) is 2.43. The maximum Gasteiger partial charge on any atom is 0.326 e. The third-order valence-corrected chi connectivity index (χ3v) is 5.40. The van der Waals surface area contributed by atoms with Crippen molar-refractivity contribution < 1.29 is 4.79 Å². The van der Waals surface area contributed by atoms with Gasteiger partial charge in [0.2, 0.25) is 0 Å². The Morgan fingerprint density at radius 2 is 1.92 bits per heavy atom. The summed E-state index contributed by atoms with van der Waals surface area (Å²) in [5, 5.41) is 0. The number of H-pyrrole nitrogens is 1. The number of benzene rings is 1. The Morgan fingerprint density at radius 1 is 1.16 bits per heavy atom. The third-order valence-electron chi connectivity index (χ3n) is 5.40. The summed E-state index contributed by atoms with van der Waals surface area (Å²) in [6, 6.07) is 5.90. The maximum atomic E-state index is 12.7. The number of nitrogens with one attached hydrogen (secondary N) is 1. The number of imidazole rings is 1. The first-order chi connectivity index (χ1) is 11.6. The van der Waals surface area contributed by atoms with Crippen LogP contribution in [0.1, 0.15) is 54.9 Å². The SMILES string of the molecule is Cl.NC1CCCN(C(=O)c2ccc3c(c2)[nH]c(=O)n3C2CCCC2)C1. The lowest BCUT2D eigenvalue weighted by Crippen LogP contribution is -2.45. The van der Waals surface area contributed by atoms with Gasteiger partial charge in [-0.15, -0.1) is 12.4 Å². The molecule has 1 amide bonds. The summed E-state index contributed by atoms with van der Waals surface area (Å²) in [6.07, 6.45) is 6.38. The summed E-state index contributed by atoms with van der Waals surface area (Å²) in [4.78, 5) is 29.8. The molecule has 2 aromatic rings. The molecule has 2 heterocycles. The Bertz CT molecular complexity index is 822. The van der Waals surface area contributed by atoms with Gasteiger partial charge in [0.15, 0.2) is 0 Å². The van der Waals surface area contributed by atoms with Crippen molar-refractivity contribution in [3.63, 3.8) is 0 Å². The molecule has 3 N–H and O–H groups in total. The molecule has 6 nitrogen and oxygen atoms in total. The first kappa shape index (κ1) is 18.0. The first-order valence-corrected chi connectivity index (χ1v) is 8.92. The number of hydrogen-bond donors (Lipinski definition) is 2. The second-order valence-electron chi connectivity index (χ2n) is 7.12. The average Bonchev–Trinajstić information content (AvgIpc) is 3.19. The van der Waals surface area contributed by atoms with E-state index in [9.17, 15) is 9.59 Å². The van der Waals surface area contributed by atoms with Crippen LogP contribution in [0.2, 0.25) is 0 Å². The van der Waals surface area contributed by atoms with E-state index in [0.29, 0.717) is 12.1 Å². The molecule has 1 aromatic heterocycles. The number of carbonyl (C=O) groups excluding carboxylic acids is 1. The van der Waals surface area contributed by atoms with Gasteiger partial charge in [0.1, 0.15) is 0 Å². The van der Waals surface area contributed by atoms with Crippen molar-refractivity contribution in [2.75, 3.05) is 13.1 Å². The number of amides is 1. The van der Waals surface area contributed by atoms with E-state index in [-0.39, 0.29) is 36.1 Å². The van der Waals surface area contributed by atoms with Crippen molar-refractivity contribution in [1.29, 1.82) is 0 Å². The summed E-state index contributed by atoms with van der Waals surface area (Å²) < 4.78 is 1.87. The third kappa shape index (κ3) is 3.33. The number of carbonyl (C=O) groups is 1. The number of hydrogen-bond acceptors (Lipinski definition) is 3. The number of halogens is 1. The summed E-state index contributed by atoms with van der Waals surface area (Å²) in [6.45, 7) is 1.36. The van der Waals surface area contributed by atoms with Gasteiger partial charge in [0.25, 0.3) is 5.91 Å². The number of nitrogens with zero attached hydrogens (tertiary/aromatic N) is 2. The lowest BCUT2D eigenvalue weighted by molar-refractivity contribution is 0.0709. The molecular formula is C18H25ClN4O2. The molecule has 0 bridgehead atoms. The van der Waals surface area contributed by atoms with Gasteiger partial charge in [-0.1, -0.05) is 12.8 Å². The van der Waals surface area contributed by atoms with Gasteiger partial charge < -0.3 is 15.6 Å². The Morgan fingerprint density at radius 3 is 2.64 bits per heavy atom. The smallest absolute Gasteiger partial charge is 0.326 e. The Kier molecular flexibility index (Phi) is 5.20. The van der Waals surface area contributed by atoms with E-state index in [1.807, 2.05) is 27.7 Å². The first-order valence-electron chi connectivity index (χ1n) is 8.92. The minimum absolute atomic E-state index is 0. The largest absolute Gasteiger partial charge is 0.337 e. The highest BCUT2D eigenvalue weighted by Gasteiger charge is 2.24. The van der Waals surface area contributed by atoms with Crippen LogP contribution in [0, 0.1) is 0 Å². The fraction of sp³-hybridized carbons (Fsp3) is 0.556. The van der Waals surface area contributed by atoms with Crippen LogP contribution in [-0.2, 0) is 0 Å². The monoisotopic (exact) mass is 364 g/mol. The summed E-state index contributed by atoms with van der Waals surface area (Å²) in [5.41, 5.74) is 8.18. The Hall–Kier alpha value is -1.79. The second-order valence-corrected chi connectivity index (χ2v) is 7.12. The zero-order chi connectivity index (χ0) is 16.7. The van der Waals surface area contributed by atoms with Crippen molar-refractivity contribution in [2.45, 2.75) is 50.6 Å². The molecule has 4 rings (SSSR count). The fourth-order valence-corrected chi connectivity index (χ4v) is 4.17. The second kappa shape index (κ2) is 7.22. The zero-order valence-electron chi connectivity index (χ0n) is 14.2. The molecule has 2 aliphatic rings. The van der Waals surface area contributed by atoms with E-state index in [0.717, 1.165) is 43.3 Å². The normalized spacial score (nSPS) is 21.5. The molecule has 1 aromatic carbocycles. The number of aromatic amines is 1. The van der Waals surface area contributed by atoms with Gasteiger partial charge in [0.05, 0.1) is 11.0 Å². The quantitative estimate of drug-likeness (QED) is 0.858. The number of fused-ring (bicyclic) bond motifs is 1. The average molecular weight is 365 g/mol. The van der Waals surface area contributed by atoms with Gasteiger partial charge in [0, 0.05) is 30.7 Å². The number of nitrogens with two attached hydrogens (primary N) is 1. The van der Waals surface area contributed by atoms with E-state index < -0.39 is 0 Å². The fourth-order valence-electron chi connectivity index (χ4n) is 4.17. The van der Waals surface area contributed by atoms with Gasteiger partial charge >= 0.3 is 5.69 Å². The van der Waals surface area contributed by atoms with E-state index >= 15 is 0 Å². The van der Waals surface area contributed by atoms with Crippen molar-refractivity contribution in [2.24, 2.45) is 5.73 Å². The van der Waals surface area contributed by atoms with Gasteiger partial charge in [-0.25, -0.2) is 4.79 Å². The molecule has 1 aliphatic carbocycles. The minimum Gasteiger partial charge on any atom is -0.337 e. The van der Waals surface area contributed by atoms with Crippen LogP contribution in [0.15, 0.2) is 23.0 Å². The van der Waals surface area contributed by atoms with Gasteiger partial charge in [-0.05, 0) is 43.9 Å². The van der Waals surface area contributed by atoms with Crippen molar-refractivity contribution in [1.82, 2.24) is 14.5 Å². The van der Waals surface area contributed by atoms with Gasteiger partial charge in [-0.3, -0.25) is 9.36 Å². The molecule has 136 valence electrons. The van der Waals surface area contributed by atoms with Crippen LogP contribution in [0.5, 0.6) is 0 Å². The van der Waals surface area contributed by atoms with Crippen LogP contribution in [0.25, 0.3) is 11.0 Å². The number of piperidine rings is 1. The molecule has 25 heavy (non-hydrogen) atoms. The topological polar surface area (TPSA) is 84.1 Å². The van der Waals surface area contributed by atoms with E-state index in [2.05, 4.69) is 4.98 Å².